The van der Waals surface area contributed by atoms with Crippen molar-refractivity contribution in [1.29, 1.82) is 0 Å². The third-order valence-corrected chi connectivity index (χ3v) is 1.58. The van der Waals surface area contributed by atoms with Gasteiger partial charge in [0.25, 0.3) is 5.19 Å². The first-order valence-electron chi connectivity index (χ1n) is 2.67. The second-order valence-electron chi connectivity index (χ2n) is 1.59. The van der Waals surface area contributed by atoms with Crippen molar-refractivity contribution in [3.8, 4) is 17.5 Å². The van der Waals surface area contributed by atoms with Crippen LogP contribution in [0.5, 0.6) is 5.19 Å². The highest BCUT2D eigenvalue weighted by molar-refractivity contribution is 7.13. The van der Waals surface area contributed by atoms with E-state index in [2.05, 4.69) is 17.8 Å². The van der Waals surface area contributed by atoms with Crippen LogP contribution in [0.2, 0.25) is 0 Å². The summed E-state index contributed by atoms with van der Waals surface area (Å²) >= 11 is 1.39. The molecule has 0 saturated heterocycles. The fraction of sp³-hybridized carbons (Fsp3) is 0.143. The Balaban J connectivity index is 2.52. The Morgan fingerprint density at radius 2 is 2.70 bits per heavy atom. The topological polar surface area (TPSA) is 22.1 Å². The quantitative estimate of drug-likeness (QED) is 0.596. The lowest BCUT2D eigenvalue weighted by atomic mass is 10.7. The average Bonchev–Trinajstić information content (AvgIpc) is 2.31. The van der Waals surface area contributed by atoms with Gasteiger partial charge in [0.2, 0.25) is 0 Å². The molecule has 51 valence electrons. The number of ether oxygens (including phenoxy) is 1. The van der Waals surface area contributed by atoms with Gasteiger partial charge in [0.15, 0.2) is 6.61 Å². The summed E-state index contributed by atoms with van der Waals surface area (Å²) in [5.41, 5.74) is 0. The molecule has 0 aliphatic carbocycles. The third-order valence-electron chi connectivity index (χ3n) is 0.811. The number of rotatable bonds is 2. The van der Waals surface area contributed by atoms with Gasteiger partial charge in [-0.25, -0.2) is 4.98 Å². The van der Waals surface area contributed by atoms with Gasteiger partial charge in [-0.1, -0.05) is 17.3 Å². The number of hydrogen-bond donors (Lipinski definition) is 0. The lowest BCUT2D eigenvalue weighted by Crippen LogP contribution is -1.91. The molecule has 1 aromatic heterocycles. The van der Waals surface area contributed by atoms with Gasteiger partial charge < -0.3 is 4.74 Å². The maximum Gasteiger partial charge on any atom is 0.274 e. The second-order valence-corrected chi connectivity index (χ2v) is 2.66. The first-order chi connectivity index (χ1) is 4.83. The number of nitrogens with zero attached hydrogens (tertiary/aromatic N) is 1. The van der Waals surface area contributed by atoms with Crippen LogP contribution in [0.1, 0.15) is 4.88 Å². The minimum absolute atomic E-state index is 0.271. The van der Waals surface area contributed by atoms with Crippen molar-refractivity contribution in [3.63, 3.8) is 0 Å². The average molecular weight is 152 g/mol. The summed E-state index contributed by atoms with van der Waals surface area (Å²) in [6.45, 7) is 3.94. The van der Waals surface area contributed by atoms with Gasteiger partial charge in [-0.3, -0.25) is 0 Å². The molecule has 0 amide bonds. The van der Waals surface area contributed by atoms with E-state index in [0.29, 0.717) is 5.19 Å². The Labute approximate surface area is 63.9 Å². The van der Waals surface area contributed by atoms with Crippen LogP contribution in [0.4, 0.5) is 0 Å². The molecule has 0 aliphatic rings. The highest BCUT2D eigenvalue weighted by Gasteiger charge is 1.95. The molecule has 2 nitrogen and oxygen atoms in total. The summed E-state index contributed by atoms with van der Waals surface area (Å²) in [6.07, 6.45) is 6.62. The van der Waals surface area contributed by atoms with Crippen LogP contribution in [0.15, 0.2) is 6.20 Å². The highest BCUT2D eigenvalue weighted by Crippen LogP contribution is 2.18. The molecule has 0 bridgehead atoms. The predicted octanol–water partition coefficient (Wildman–Crippen LogP) is 1.34. The molecule has 3 heteroatoms. The van der Waals surface area contributed by atoms with E-state index in [1.807, 2.05) is 0 Å². The fourth-order valence-electron chi connectivity index (χ4n) is 0.460. The Kier molecular flexibility index (Phi) is 2.30. The van der Waals surface area contributed by atoms with Gasteiger partial charge in [-0.15, -0.1) is 6.42 Å². The molecule has 1 rings (SSSR count). The van der Waals surface area contributed by atoms with Crippen molar-refractivity contribution in [2.24, 2.45) is 0 Å². The zero-order chi connectivity index (χ0) is 7.40. The molecule has 0 N–H and O–H groups in total. The van der Waals surface area contributed by atoms with Gasteiger partial charge in [0, 0.05) is 11.1 Å². The van der Waals surface area contributed by atoms with Crippen LogP contribution in [-0.4, -0.2) is 11.6 Å². The minimum Gasteiger partial charge on any atom is -0.457 e. The molecule has 0 unspecified atom stereocenters. The summed E-state index contributed by atoms with van der Waals surface area (Å²) in [5.74, 6) is 2.35. The Bertz CT molecular complexity index is 248. The molecular weight excluding hydrogens is 146 g/mol. The van der Waals surface area contributed by atoms with Crippen molar-refractivity contribution < 1.29 is 4.74 Å². The maximum atomic E-state index is 5.01. The summed E-state index contributed by atoms with van der Waals surface area (Å²) in [7, 11) is 0. The molecule has 0 spiro atoms. The van der Waals surface area contributed by atoms with E-state index in [1.165, 1.54) is 11.3 Å². The van der Waals surface area contributed by atoms with Gasteiger partial charge in [-0.2, -0.15) is 0 Å². The molecule has 1 heterocycles. The van der Waals surface area contributed by atoms with Crippen LogP contribution >= 0.6 is 11.3 Å². The van der Waals surface area contributed by atoms with Crippen molar-refractivity contribution in [2.75, 3.05) is 6.61 Å². The van der Waals surface area contributed by atoms with Crippen LogP contribution in [-0.2, 0) is 0 Å². The van der Waals surface area contributed by atoms with Gasteiger partial charge in [-0.05, 0) is 6.92 Å². The zero-order valence-electron chi connectivity index (χ0n) is 5.33. The molecule has 1 radical (unpaired) electrons. The molecule has 0 aromatic carbocycles. The Morgan fingerprint density at radius 1 is 1.90 bits per heavy atom. The summed E-state index contributed by atoms with van der Waals surface area (Å²) in [6, 6.07) is 0. The van der Waals surface area contributed by atoms with Crippen molar-refractivity contribution in [2.45, 2.75) is 0 Å². The number of thiazole rings is 1. The third kappa shape index (κ3) is 1.74. The van der Waals surface area contributed by atoms with Crippen LogP contribution in [0, 0.1) is 19.3 Å². The summed E-state index contributed by atoms with van der Waals surface area (Å²) < 4.78 is 5.01. The van der Waals surface area contributed by atoms with Crippen molar-refractivity contribution >= 4 is 11.3 Å². The predicted molar refractivity (Wildman–Crippen MR) is 40.9 cm³/mol. The monoisotopic (exact) mass is 152 g/mol. The number of hydrogen-bond acceptors (Lipinski definition) is 3. The number of terminal acetylenes is 1. The molecule has 0 saturated carbocycles. The highest BCUT2D eigenvalue weighted by atomic mass is 32.1. The van der Waals surface area contributed by atoms with Gasteiger partial charge in [0.05, 0.1) is 0 Å². The number of aromatic nitrogens is 1. The van der Waals surface area contributed by atoms with E-state index in [4.69, 9.17) is 11.2 Å². The van der Waals surface area contributed by atoms with Crippen molar-refractivity contribution in [3.05, 3.63) is 18.0 Å². The van der Waals surface area contributed by atoms with Crippen LogP contribution in [0.25, 0.3) is 0 Å². The molecule has 1 aromatic rings. The summed E-state index contributed by atoms with van der Waals surface area (Å²) in [5, 5.41) is 0.586. The van der Waals surface area contributed by atoms with E-state index in [9.17, 15) is 0 Å². The van der Waals surface area contributed by atoms with Crippen LogP contribution < -0.4 is 4.74 Å². The molecular formula is C7H6NOS. The van der Waals surface area contributed by atoms with E-state index in [1.54, 1.807) is 6.20 Å². The minimum atomic E-state index is 0.271. The van der Waals surface area contributed by atoms with E-state index in [0.717, 1.165) is 4.88 Å². The molecule has 10 heavy (non-hydrogen) atoms. The second kappa shape index (κ2) is 3.23. The van der Waals surface area contributed by atoms with E-state index >= 15 is 0 Å². The standard InChI is InChI=1S/C7H6NOS/c1-3-4-9-7-8-5-6(2)10-7/h1,5H,2,4H2. The molecule has 0 fully saturated rings. The Hall–Kier alpha value is -1.01. The van der Waals surface area contributed by atoms with Crippen molar-refractivity contribution in [1.82, 2.24) is 4.98 Å². The van der Waals surface area contributed by atoms with E-state index in [-0.39, 0.29) is 6.61 Å². The summed E-state index contributed by atoms with van der Waals surface area (Å²) in [4.78, 5) is 4.77. The lowest BCUT2D eigenvalue weighted by Gasteiger charge is -1.91. The molecule has 0 atom stereocenters. The fourth-order valence-corrected chi connectivity index (χ4v) is 1.01. The smallest absolute Gasteiger partial charge is 0.274 e. The SMILES string of the molecule is C#CCOc1ncc([CH2])s1. The van der Waals surface area contributed by atoms with E-state index < -0.39 is 0 Å². The van der Waals surface area contributed by atoms with Gasteiger partial charge >= 0.3 is 0 Å². The van der Waals surface area contributed by atoms with Gasteiger partial charge in [0.1, 0.15) is 0 Å². The largest absolute Gasteiger partial charge is 0.457 e. The van der Waals surface area contributed by atoms with Crippen LogP contribution in [0.3, 0.4) is 0 Å². The zero-order valence-corrected chi connectivity index (χ0v) is 6.15. The maximum absolute atomic E-state index is 5.01. The lowest BCUT2D eigenvalue weighted by molar-refractivity contribution is 0.368. The first-order valence-corrected chi connectivity index (χ1v) is 3.48. The Morgan fingerprint density at radius 3 is 3.20 bits per heavy atom. The molecule has 0 aliphatic heterocycles. The normalized spacial score (nSPS) is 8.80. The first kappa shape index (κ1) is 7.10.